The lowest BCUT2D eigenvalue weighted by molar-refractivity contribution is -0.0421. The molecule has 2 atom stereocenters. The van der Waals surface area contributed by atoms with Crippen LogP contribution in [0.3, 0.4) is 0 Å². The zero-order valence-electron chi connectivity index (χ0n) is 12.7. The Morgan fingerprint density at radius 1 is 1.40 bits per heavy atom. The van der Waals surface area contributed by atoms with E-state index in [4.69, 9.17) is 4.74 Å². The van der Waals surface area contributed by atoms with E-state index < -0.39 is 0 Å². The average Bonchev–Trinajstić information content (AvgIpc) is 2.44. The molecule has 1 aliphatic rings. The first kappa shape index (κ1) is 15.3. The summed E-state index contributed by atoms with van der Waals surface area (Å²) in [7, 11) is 0. The maximum absolute atomic E-state index is 9.32. The Balaban J connectivity index is 2.11. The lowest BCUT2D eigenvalue weighted by Crippen LogP contribution is -2.48. The quantitative estimate of drug-likeness (QED) is 0.860. The summed E-state index contributed by atoms with van der Waals surface area (Å²) in [5.41, 5.74) is 3.85. The van der Waals surface area contributed by atoms with E-state index in [2.05, 4.69) is 49.2 Å². The van der Waals surface area contributed by atoms with Crippen molar-refractivity contribution < 1.29 is 9.84 Å². The van der Waals surface area contributed by atoms with Crippen molar-refractivity contribution in [2.24, 2.45) is 0 Å². The van der Waals surface area contributed by atoms with Crippen molar-refractivity contribution >= 4 is 5.69 Å². The van der Waals surface area contributed by atoms with Gasteiger partial charge >= 0.3 is 0 Å². The average molecular weight is 278 g/mol. The van der Waals surface area contributed by atoms with Gasteiger partial charge < -0.3 is 20.1 Å². The van der Waals surface area contributed by atoms with Crippen LogP contribution in [-0.2, 0) is 11.3 Å². The van der Waals surface area contributed by atoms with Gasteiger partial charge in [0.25, 0.3) is 0 Å². The van der Waals surface area contributed by atoms with E-state index in [9.17, 15) is 5.11 Å². The van der Waals surface area contributed by atoms with Crippen LogP contribution in [0.2, 0.25) is 0 Å². The second-order valence-electron chi connectivity index (χ2n) is 5.56. The third-order valence-electron chi connectivity index (χ3n) is 3.71. The number of anilines is 1. The third kappa shape index (κ3) is 3.72. The number of morpholine rings is 1. The lowest BCUT2D eigenvalue weighted by Gasteiger charge is -2.38. The van der Waals surface area contributed by atoms with E-state index in [-0.39, 0.29) is 18.8 Å². The highest BCUT2D eigenvalue weighted by Crippen LogP contribution is 2.25. The molecule has 0 spiro atoms. The maximum Gasteiger partial charge on any atom is 0.0984 e. The monoisotopic (exact) mass is 278 g/mol. The van der Waals surface area contributed by atoms with Crippen molar-refractivity contribution in [3.8, 4) is 0 Å². The number of nitrogens with one attached hydrogen (secondary N) is 1. The molecule has 1 heterocycles. The first-order valence-electron chi connectivity index (χ1n) is 7.45. The van der Waals surface area contributed by atoms with Gasteiger partial charge in [0.1, 0.15) is 0 Å². The fourth-order valence-electron chi connectivity index (χ4n) is 2.79. The highest BCUT2D eigenvalue weighted by molar-refractivity contribution is 5.55. The molecular weight excluding hydrogens is 252 g/mol. The van der Waals surface area contributed by atoms with Crippen molar-refractivity contribution in [3.05, 3.63) is 29.3 Å². The summed E-state index contributed by atoms with van der Waals surface area (Å²) in [5, 5.41) is 12.7. The maximum atomic E-state index is 9.32. The Hall–Kier alpha value is -1.10. The number of hydrogen-bond donors (Lipinski definition) is 2. The zero-order chi connectivity index (χ0) is 14.5. The van der Waals surface area contributed by atoms with E-state index in [0.29, 0.717) is 0 Å². The summed E-state index contributed by atoms with van der Waals surface area (Å²) in [6, 6.07) is 6.61. The van der Waals surface area contributed by atoms with Crippen LogP contribution in [-0.4, -0.2) is 43.6 Å². The van der Waals surface area contributed by atoms with Gasteiger partial charge in [-0.15, -0.1) is 0 Å². The molecule has 2 rings (SSSR count). The number of benzene rings is 1. The summed E-state index contributed by atoms with van der Waals surface area (Å²) in [6.45, 7) is 9.95. The van der Waals surface area contributed by atoms with Gasteiger partial charge in [0.2, 0.25) is 0 Å². The molecule has 0 bridgehead atoms. The van der Waals surface area contributed by atoms with Crippen molar-refractivity contribution in [1.82, 2.24) is 5.32 Å². The Bertz CT molecular complexity index is 436. The van der Waals surface area contributed by atoms with Gasteiger partial charge in [-0.2, -0.15) is 0 Å². The van der Waals surface area contributed by atoms with E-state index in [1.807, 2.05) is 0 Å². The molecule has 20 heavy (non-hydrogen) atoms. The van der Waals surface area contributed by atoms with Crippen molar-refractivity contribution in [2.45, 2.75) is 39.5 Å². The van der Waals surface area contributed by atoms with Gasteiger partial charge in [-0.3, -0.25) is 0 Å². The lowest BCUT2D eigenvalue weighted by atomic mass is 10.1. The first-order chi connectivity index (χ1) is 9.63. The minimum Gasteiger partial charge on any atom is -0.394 e. The molecule has 0 aliphatic carbocycles. The molecule has 112 valence electrons. The molecule has 1 aromatic rings. The number of aliphatic hydroxyl groups excluding tert-OH is 1. The molecule has 2 N–H and O–H groups in total. The van der Waals surface area contributed by atoms with Crippen LogP contribution >= 0.6 is 0 Å². The topological polar surface area (TPSA) is 44.7 Å². The predicted molar refractivity (Wildman–Crippen MR) is 82.2 cm³/mol. The summed E-state index contributed by atoms with van der Waals surface area (Å²) < 4.78 is 5.70. The number of aryl methyl sites for hydroxylation is 1. The number of hydrogen-bond acceptors (Lipinski definition) is 4. The standard InChI is InChI=1S/C16H26N2O2/c1-4-17-8-14-5-6-16(12(2)7-14)18-9-13(3)20-15(10-18)11-19/h5-7,13,15,17,19H,4,8-11H2,1-3H3. The molecule has 4 nitrogen and oxygen atoms in total. The molecular formula is C16H26N2O2. The molecule has 0 radical (unpaired) electrons. The second-order valence-corrected chi connectivity index (χ2v) is 5.56. The minimum atomic E-state index is -0.0837. The van der Waals surface area contributed by atoms with Crippen LogP contribution in [0, 0.1) is 6.92 Å². The van der Waals surface area contributed by atoms with Crippen LogP contribution in [0.4, 0.5) is 5.69 Å². The van der Waals surface area contributed by atoms with Gasteiger partial charge in [-0.05, 0) is 37.6 Å². The number of aliphatic hydroxyl groups is 1. The zero-order valence-corrected chi connectivity index (χ0v) is 12.7. The SMILES string of the molecule is CCNCc1ccc(N2CC(C)OC(CO)C2)c(C)c1. The van der Waals surface area contributed by atoms with Gasteiger partial charge in [0, 0.05) is 25.3 Å². The highest BCUT2D eigenvalue weighted by Gasteiger charge is 2.25. The summed E-state index contributed by atoms with van der Waals surface area (Å²) in [6.07, 6.45) is 0.0707. The normalized spacial score (nSPS) is 23.1. The highest BCUT2D eigenvalue weighted by atomic mass is 16.5. The van der Waals surface area contributed by atoms with Crippen LogP contribution in [0.25, 0.3) is 0 Å². The minimum absolute atomic E-state index is 0.0817. The molecule has 1 fully saturated rings. The van der Waals surface area contributed by atoms with E-state index in [1.54, 1.807) is 0 Å². The number of rotatable bonds is 5. The Kier molecular flexibility index (Phi) is 5.40. The van der Waals surface area contributed by atoms with E-state index >= 15 is 0 Å². The second kappa shape index (κ2) is 7.07. The Labute approximate surface area is 121 Å². The predicted octanol–water partition coefficient (Wildman–Crippen LogP) is 1.69. The van der Waals surface area contributed by atoms with Crippen LogP contribution in [0.1, 0.15) is 25.0 Å². The van der Waals surface area contributed by atoms with Gasteiger partial charge in [0.15, 0.2) is 0 Å². The molecule has 0 aromatic heterocycles. The molecule has 0 amide bonds. The van der Waals surface area contributed by atoms with Gasteiger partial charge in [-0.25, -0.2) is 0 Å². The van der Waals surface area contributed by atoms with E-state index in [1.165, 1.54) is 16.8 Å². The largest absolute Gasteiger partial charge is 0.394 e. The first-order valence-corrected chi connectivity index (χ1v) is 7.45. The van der Waals surface area contributed by atoms with E-state index in [0.717, 1.165) is 26.2 Å². The van der Waals surface area contributed by atoms with Crippen molar-refractivity contribution in [1.29, 1.82) is 0 Å². The number of ether oxygens (including phenoxy) is 1. The van der Waals surface area contributed by atoms with Crippen LogP contribution in [0.15, 0.2) is 18.2 Å². The summed E-state index contributed by atoms with van der Waals surface area (Å²) >= 11 is 0. The molecule has 1 aromatic carbocycles. The Morgan fingerprint density at radius 2 is 2.20 bits per heavy atom. The van der Waals surface area contributed by atoms with Crippen molar-refractivity contribution in [2.75, 3.05) is 31.1 Å². The summed E-state index contributed by atoms with van der Waals surface area (Å²) in [5.74, 6) is 0. The Morgan fingerprint density at radius 3 is 2.85 bits per heavy atom. The molecule has 4 heteroatoms. The van der Waals surface area contributed by atoms with Gasteiger partial charge in [-0.1, -0.05) is 19.1 Å². The fraction of sp³-hybridized carbons (Fsp3) is 0.625. The molecule has 2 unspecified atom stereocenters. The fourth-order valence-corrected chi connectivity index (χ4v) is 2.79. The number of nitrogens with zero attached hydrogens (tertiary/aromatic N) is 1. The molecule has 0 saturated carbocycles. The molecule has 1 aliphatic heterocycles. The van der Waals surface area contributed by atoms with Crippen molar-refractivity contribution in [3.63, 3.8) is 0 Å². The van der Waals surface area contributed by atoms with Crippen LogP contribution in [0.5, 0.6) is 0 Å². The van der Waals surface area contributed by atoms with Gasteiger partial charge in [0.05, 0.1) is 18.8 Å². The van der Waals surface area contributed by atoms with Crippen LogP contribution < -0.4 is 10.2 Å². The smallest absolute Gasteiger partial charge is 0.0984 e. The summed E-state index contributed by atoms with van der Waals surface area (Å²) in [4.78, 5) is 2.32. The third-order valence-corrected chi connectivity index (χ3v) is 3.71. The molecule has 1 saturated heterocycles.